The highest BCUT2D eigenvalue weighted by Gasteiger charge is 2.21. The molecule has 2 rings (SSSR count). The van der Waals surface area contributed by atoms with E-state index in [-0.39, 0.29) is 18.0 Å². The Bertz CT molecular complexity index is 731. The summed E-state index contributed by atoms with van der Waals surface area (Å²) in [4.78, 5) is 10.6. The van der Waals surface area contributed by atoms with E-state index in [0.29, 0.717) is 0 Å². The van der Waals surface area contributed by atoms with Crippen molar-refractivity contribution in [2.75, 3.05) is 18.9 Å². The number of benzene rings is 1. The van der Waals surface area contributed by atoms with Gasteiger partial charge in [0.1, 0.15) is 10.7 Å². The van der Waals surface area contributed by atoms with Crippen LogP contribution in [0, 0.1) is 5.82 Å². The Morgan fingerprint density at radius 1 is 1.05 bits per heavy atom. The summed E-state index contributed by atoms with van der Waals surface area (Å²) < 4.78 is 49.3. The van der Waals surface area contributed by atoms with E-state index in [1.165, 1.54) is 26.4 Å². The largest absolute Gasteiger partial charge is 0.467 e. The van der Waals surface area contributed by atoms with Gasteiger partial charge in [-0.25, -0.2) is 17.5 Å². The van der Waals surface area contributed by atoms with Gasteiger partial charge in [0.25, 0.3) is 10.0 Å². The molecule has 2 aromatic rings. The van der Waals surface area contributed by atoms with Crippen LogP contribution in [-0.2, 0) is 10.0 Å². The van der Waals surface area contributed by atoms with Crippen LogP contribution in [-0.4, -0.2) is 37.6 Å². The summed E-state index contributed by atoms with van der Waals surface area (Å²) in [6.07, 6.45) is 0. The van der Waals surface area contributed by atoms with Crippen molar-refractivity contribution in [1.29, 1.82) is 0 Å². The summed E-state index contributed by atoms with van der Waals surface area (Å²) in [6, 6.07) is 4.63. The Labute approximate surface area is 120 Å². The number of sulfonamides is 1. The van der Waals surface area contributed by atoms with Crippen LogP contribution < -0.4 is 14.2 Å². The van der Waals surface area contributed by atoms with E-state index in [4.69, 9.17) is 9.47 Å². The fraction of sp³-hybridized carbons (Fsp3) is 0.182. The number of nitrogens with zero attached hydrogens (tertiary/aromatic N) is 3. The molecule has 21 heavy (non-hydrogen) atoms. The van der Waals surface area contributed by atoms with E-state index in [1.54, 1.807) is 0 Å². The van der Waals surface area contributed by atoms with Crippen LogP contribution in [0.5, 0.6) is 12.0 Å². The number of methoxy groups -OCH3 is 2. The summed E-state index contributed by atoms with van der Waals surface area (Å²) in [7, 11) is -1.59. The number of nitrogens with one attached hydrogen (secondary N) is 1. The van der Waals surface area contributed by atoms with Gasteiger partial charge in [0, 0.05) is 0 Å². The molecule has 0 saturated carbocycles. The maximum absolute atomic E-state index is 13.6. The molecule has 1 heterocycles. The third-order valence-corrected chi connectivity index (χ3v) is 3.67. The molecule has 0 spiro atoms. The zero-order chi connectivity index (χ0) is 15.5. The fourth-order valence-corrected chi connectivity index (χ4v) is 2.43. The summed E-state index contributed by atoms with van der Waals surface area (Å²) in [5, 5.41) is 0. The van der Waals surface area contributed by atoms with Crippen LogP contribution in [0.4, 0.5) is 10.3 Å². The minimum Gasteiger partial charge on any atom is -0.467 e. The molecule has 1 aromatic heterocycles. The monoisotopic (exact) mass is 314 g/mol. The summed E-state index contributed by atoms with van der Waals surface area (Å²) >= 11 is 0. The van der Waals surface area contributed by atoms with Gasteiger partial charge in [-0.3, -0.25) is 0 Å². The summed E-state index contributed by atoms with van der Waals surface area (Å²) in [5.41, 5.74) is 0. The zero-order valence-corrected chi connectivity index (χ0v) is 11.9. The van der Waals surface area contributed by atoms with Crippen LogP contribution in [0.25, 0.3) is 0 Å². The number of halogens is 1. The molecule has 0 atom stereocenters. The molecular formula is C11H11FN4O4S. The molecule has 0 saturated heterocycles. The van der Waals surface area contributed by atoms with Gasteiger partial charge in [-0.2, -0.15) is 9.97 Å². The van der Waals surface area contributed by atoms with Crippen LogP contribution in [0.2, 0.25) is 0 Å². The van der Waals surface area contributed by atoms with E-state index >= 15 is 0 Å². The molecule has 0 bridgehead atoms. The highest BCUT2D eigenvalue weighted by Crippen LogP contribution is 2.18. The van der Waals surface area contributed by atoms with Crippen LogP contribution in [0.15, 0.2) is 29.2 Å². The average molecular weight is 314 g/mol. The molecule has 112 valence electrons. The van der Waals surface area contributed by atoms with Crippen molar-refractivity contribution in [2.45, 2.75) is 4.90 Å². The van der Waals surface area contributed by atoms with Crippen molar-refractivity contribution < 1.29 is 22.3 Å². The smallest absolute Gasteiger partial charge is 0.324 e. The van der Waals surface area contributed by atoms with Crippen LogP contribution in [0.3, 0.4) is 0 Å². The molecule has 0 aliphatic rings. The number of ether oxygens (including phenoxy) is 2. The molecule has 0 amide bonds. The van der Waals surface area contributed by atoms with Gasteiger partial charge in [0.05, 0.1) is 14.2 Å². The quantitative estimate of drug-likeness (QED) is 0.871. The lowest BCUT2D eigenvalue weighted by molar-refractivity contribution is 0.341. The Morgan fingerprint density at radius 3 is 2.14 bits per heavy atom. The molecule has 10 heteroatoms. The fourth-order valence-electron chi connectivity index (χ4n) is 1.40. The normalized spacial score (nSPS) is 11.0. The average Bonchev–Trinajstić information content (AvgIpc) is 2.46. The third kappa shape index (κ3) is 3.34. The van der Waals surface area contributed by atoms with E-state index in [0.717, 1.165) is 12.1 Å². The summed E-state index contributed by atoms with van der Waals surface area (Å²) in [5.74, 6) is -1.24. The Balaban J connectivity index is 2.39. The molecule has 0 fully saturated rings. The Morgan fingerprint density at radius 2 is 1.62 bits per heavy atom. The van der Waals surface area contributed by atoms with Gasteiger partial charge in [0.15, 0.2) is 0 Å². The second kappa shape index (κ2) is 5.87. The second-order valence-corrected chi connectivity index (χ2v) is 5.32. The SMILES string of the molecule is COc1nc(NS(=O)(=O)c2ccccc2F)nc(OC)n1. The molecule has 0 aliphatic carbocycles. The van der Waals surface area contributed by atoms with Gasteiger partial charge < -0.3 is 9.47 Å². The number of aromatic nitrogens is 3. The first-order chi connectivity index (χ1) is 9.96. The minimum atomic E-state index is -4.18. The summed E-state index contributed by atoms with van der Waals surface area (Å²) in [6.45, 7) is 0. The van der Waals surface area contributed by atoms with Crippen molar-refractivity contribution in [2.24, 2.45) is 0 Å². The molecule has 0 unspecified atom stereocenters. The van der Waals surface area contributed by atoms with Gasteiger partial charge in [0.2, 0.25) is 5.95 Å². The van der Waals surface area contributed by atoms with Gasteiger partial charge in [-0.05, 0) is 12.1 Å². The van der Waals surface area contributed by atoms with Crippen molar-refractivity contribution >= 4 is 16.0 Å². The predicted molar refractivity (Wildman–Crippen MR) is 70.1 cm³/mol. The lowest BCUT2D eigenvalue weighted by Crippen LogP contribution is -2.17. The standard InChI is InChI=1S/C11H11FN4O4S/c1-19-10-13-9(14-11(15-10)20-2)16-21(17,18)8-6-4-3-5-7(8)12/h3-6H,1-2H3,(H,13,14,15,16). The molecule has 8 nitrogen and oxygen atoms in total. The van der Waals surface area contributed by atoms with Crippen LogP contribution >= 0.6 is 0 Å². The molecular weight excluding hydrogens is 303 g/mol. The third-order valence-electron chi connectivity index (χ3n) is 2.31. The van der Waals surface area contributed by atoms with Gasteiger partial charge >= 0.3 is 12.0 Å². The number of rotatable bonds is 5. The van der Waals surface area contributed by atoms with E-state index < -0.39 is 20.7 Å². The number of hydrogen-bond donors (Lipinski definition) is 1. The van der Waals surface area contributed by atoms with Gasteiger partial charge in [-0.1, -0.05) is 12.1 Å². The predicted octanol–water partition coefficient (Wildman–Crippen LogP) is 0.829. The number of hydrogen-bond acceptors (Lipinski definition) is 7. The maximum Gasteiger partial charge on any atom is 0.324 e. The Kier molecular flexibility index (Phi) is 4.17. The van der Waals surface area contributed by atoms with Crippen molar-refractivity contribution in [1.82, 2.24) is 15.0 Å². The molecule has 1 aromatic carbocycles. The van der Waals surface area contributed by atoms with E-state index in [9.17, 15) is 12.8 Å². The van der Waals surface area contributed by atoms with Crippen molar-refractivity contribution in [3.63, 3.8) is 0 Å². The lowest BCUT2D eigenvalue weighted by Gasteiger charge is -2.08. The number of anilines is 1. The van der Waals surface area contributed by atoms with Crippen molar-refractivity contribution in [3.05, 3.63) is 30.1 Å². The zero-order valence-electron chi connectivity index (χ0n) is 11.1. The van der Waals surface area contributed by atoms with Crippen molar-refractivity contribution in [3.8, 4) is 12.0 Å². The molecule has 1 N–H and O–H groups in total. The van der Waals surface area contributed by atoms with E-state index in [1.807, 2.05) is 4.72 Å². The topological polar surface area (TPSA) is 103 Å². The maximum atomic E-state index is 13.6. The van der Waals surface area contributed by atoms with Crippen LogP contribution in [0.1, 0.15) is 0 Å². The Hall–Kier alpha value is -2.49. The van der Waals surface area contributed by atoms with Gasteiger partial charge in [-0.15, -0.1) is 4.98 Å². The first-order valence-electron chi connectivity index (χ1n) is 5.57. The highest BCUT2D eigenvalue weighted by molar-refractivity contribution is 7.92. The second-order valence-electron chi connectivity index (χ2n) is 3.67. The lowest BCUT2D eigenvalue weighted by atomic mass is 10.4. The molecule has 0 radical (unpaired) electrons. The minimum absolute atomic E-state index is 0.145. The first-order valence-corrected chi connectivity index (χ1v) is 7.06. The van der Waals surface area contributed by atoms with E-state index in [2.05, 4.69) is 15.0 Å². The first kappa shape index (κ1) is 14.9. The molecule has 0 aliphatic heterocycles. The highest BCUT2D eigenvalue weighted by atomic mass is 32.2.